The number of guanidine groups is 1. The van der Waals surface area contributed by atoms with E-state index in [0.29, 0.717) is 19.0 Å². The van der Waals surface area contributed by atoms with Crippen LogP contribution in [0.5, 0.6) is 0 Å². The molecule has 2 aliphatic rings. The molecule has 8 heteroatoms. The molecule has 0 unspecified atom stereocenters. The van der Waals surface area contributed by atoms with Gasteiger partial charge in [-0.2, -0.15) is 0 Å². The number of benzene rings is 1. The summed E-state index contributed by atoms with van der Waals surface area (Å²) in [5, 5.41) is 7.08. The summed E-state index contributed by atoms with van der Waals surface area (Å²) >= 11 is 5.96. The summed E-state index contributed by atoms with van der Waals surface area (Å²) in [4.78, 5) is 20.9. The van der Waals surface area contributed by atoms with Gasteiger partial charge in [0.15, 0.2) is 5.96 Å². The van der Waals surface area contributed by atoms with Crippen LogP contribution in [0, 0.1) is 5.92 Å². The standard InChI is InChI=1S/C21H32ClN5O2/c1-23-21(24-9-2-14-29-16-17-3-4-17)25-15-20(28)27-12-10-26(11-13-27)19-7-5-18(22)6-8-19/h5-8,17H,2-4,9-16H2,1H3,(H2,23,24,25). The number of nitrogens with zero attached hydrogens (tertiary/aromatic N) is 3. The lowest BCUT2D eigenvalue weighted by Crippen LogP contribution is -2.52. The van der Waals surface area contributed by atoms with E-state index in [2.05, 4.69) is 20.5 Å². The van der Waals surface area contributed by atoms with Gasteiger partial charge >= 0.3 is 0 Å². The number of hydrogen-bond donors (Lipinski definition) is 2. The van der Waals surface area contributed by atoms with E-state index >= 15 is 0 Å². The zero-order valence-electron chi connectivity index (χ0n) is 17.2. The Morgan fingerprint density at radius 3 is 2.55 bits per heavy atom. The Hall–Kier alpha value is -1.99. The van der Waals surface area contributed by atoms with Crippen molar-refractivity contribution < 1.29 is 9.53 Å². The monoisotopic (exact) mass is 421 g/mol. The maximum atomic E-state index is 12.5. The summed E-state index contributed by atoms with van der Waals surface area (Å²) in [5.41, 5.74) is 1.14. The van der Waals surface area contributed by atoms with Gasteiger partial charge in [0, 0.05) is 63.7 Å². The quantitative estimate of drug-likeness (QED) is 0.362. The van der Waals surface area contributed by atoms with E-state index < -0.39 is 0 Å². The second kappa shape index (κ2) is 11.3. The van der Waals surface area contributed by atoms with Gasteiger partial charge in [-0.3, -0.25) is 9.79 Å². The summed E-state index contributed by atoms with van der Waals surface area (Å²) in [6, 6.07) is 7.84. The van der Waals surface area contributed by atoms with Crippen LogP contribution in [-0.2, 0) is 9.53 Å². The number of amides is 1. The topological polar surface area (TPSA) is 69.2 Å². The maximum absolute atomic E-state index is 12.5. The molecule has 1 saturated heterocycles. The number of hydrogen-bond acceptors (Lipinski definition) is 4. The number of nitrogens with one attached hydrogen (secondary N) is 2. The number of halogens is 1. The largest absolute Gasteiger partial charge is 0.381 e. The van der Waals surface area contributed by atoms with Crippen molar-refractivity contribution >= 4 is 29.2 Å². The van der Waals surface area contributed by atoms with E-state index in [1.54, 1.807) is 7.05 Å². The Bertz CT molecular complexity index is 670. The first-order chi connectivity index (χ1) is 14.2. The van der Waals surface area contributed by atoms with Crippen molar-refractivity contribution in [3.8, 4) is 0 Å². The zero-order chi connectivity index (χ0) is 20.5. The van der Waals surface area contributed by atoms with Crippen molar-refractivity contribution in [2.75, 3.05) is 64.4 Å². The van der Waals surface area contributed by atoms with Crippen molar-refractivity contribution in [1.29, 1.82) is 0 Å². The van der Waals surface area contributed by atoms with Crippen molar-refractivity contribution in [1.82, 2.24) is 15.5 Å². The van der Waals surface area contributed by atoms with Crippen molar-refractivity contribution in [2.24, 2.45) is 10.9 Å². The molecular formula is C21H32ClN5O2. The van der Waals surface area contributed by atoms with E-state index in [9.17, 15) is 4.79 Å². The van der Waals surface area contributed by atoms with Gasteiger partial charge < -0.3 is 25.2 Å². The van der Waals surface area contributed by atoms with Crippen LogP contribution in [0.2, 0.25) is 5.02 Å². The molecule has 1 aliphatic carbocycles. The summed E-state index contributed by atoms with van der Waals surface area (Å²) in [7, 11) is 1.72. The van der Waals surface area contributed by atoms with Gasteiger partial charge in [0.05, 0.1) is 6.54 Å². The molecule has 1 heterocycles. The third-order valence-electron chi connectivity index (χ3n) is 5.26. The maximum Gasteiger partial charge on any atom is 0.242 e. The second-order valence-electron chi connectivity index (χ2n) is 7.57. The molecule has 1 aliphatic heterocycles. The Morgan fingerprint density at radius 1 is 1.17 bits per heavy atom. The molecule has 1 aromatic rings. The molecule has 1 saturated carbocycles. The molecule has 29 heavy (non-hydrogen) atoms. The van der Waals surface area contributed by atoms with Crippen LogP contribution in [0.1, 0.15) is 19.3 Å². The summed E-state index contributed by atoms with van der Waals surface area (Å²) in [6.45, 7) is 5.75. The first kappa shape index (κ1) is 21.7. The molecule has 1 aromatic carbocycles. The summed E-state index contributed by atoms with van der Waals surface area (Å²) < 4.78 is 5.63. The van der Waals surface area contributed by atoms with Gasteiger partial charge in [-0.25, -0.2) is 0 Å². The fourth-order valence-electron chi connectivity index (χ4n) is 3.27. The molecule has 0 spiro atoms. The molecule has 0 atom stereocenters. The molecule has 3 rings (SSSR count). The van der Waals surface area contributed by atoms with Crippen LogP contribution in [-0.4, -0.2) is 76.3 Å². The van der Waals surface area contributed by atoms with Gasteiger partial charge in [0.2, 0.25) is 5.91 Å². The highest BCUT2D eigenvalue weighted by Gasteiger charge is 2.22. The number of carbonyl (C=O) groups excluding carboxylic acids is 1. The first-order valence-corrected chi connectivity index (χ1v) is 10.8. The highest BCUT2D eigenvalue weighted by atomic mass is 35.5. The van der Waals surface area contributed by atoms with Gasteiger partial charge in [-0.05, 0) is 49.4 Å². The van der Waals surface area contributed by atoms with Gasteiger partial charge in [0.25, 0.3) is 0 Å². The summed E-state index contributed by atoms with van der Waals surface area (Å²) in [6.07, 6.45) is 3.56. The lowest BCUT2D eigenvalue weighted by Gasteiger charge is -2.36. The molecule has 7 nitrogen and oxygen atoms in total. The first-order valence-electron chi connectivity index (χ1n) is 10.5. The van der Waals surface area contributed by atoms with E-state index in [1.807, 2.05) is 29.2 Å². The molecule has 0 aromatic heterocycles. The van der Waals surface area contributed by atoms with E-state index in [1.165, 1.54) is 12.8 Å². The minimum absolute atomic E-state index is 0.0940. The average Bonchev–Trinajstić information content (AvgIpc) is 3.57. The molecule has 0 bridgehead atoms. The van der Waals surface area contributed by atoms with E-state index in [-0.39, 0.29) is 12.5 Å². The fourth-order valence-corrected chi connectivity index (χ4v) is 3.40. The lowest BCUT2D eigenvalue weighted by molar-refractivity contribution is -0.130. The minimum atomic E-state index is 0.0940. The molecule has 2 N–H and O–H groups in total. The van der Waals surface area contributed by atoms with Crippen LogP contribution in [0.25, 0.3) is 0 Å². The molecule has 160 valence electrons. The Labute approximate surface area is 178 Å². The molecule has 1 amide bonds. The highest BCUT2D eigenvalue weighted by molar-refractivity contribution is 6.30. The molecule has 2 fully saturated rings. The zero-order valence-corrected chi connectivity index (χ0v) is 18.0. The normalized spacial score (nSPS) is 17.4. The van der Waals surface area contributed by atoms with E-state index in [0.717, 1.165) is 55.9 Å². The van der Waals surface area contributed by atoms with Crippen LogP contribution in [0.15, 0.2) is 29.3 Å². The Kier molecular flexibility index (Phi) is 8.43. The third kappa shape index (κ3) is 7.40. The van der Waals surface area contributed by atoms with Crippen molar-refractivity contribution in [3.05, 3.63) is 29.3 Å². The number of piperazine rings is 1. The number of aliphatic imine (C=N–C) groups is 1. The molecule has 0 radical (unpaired) electrons. The van der Waals surface area contributed by atoms with Crippen LogP contribution >= 0.6 is 11.6 Å². The van der Waals surface area contributed by atoms with Crippen molar-refractivity contribution in [2.45, 2.75) is 19.3 Å². The number of carbonyl (C=O) groups is 1. The Morgan fingerprint density at radius 2 is 1.90 bits per heavy atom. The van der Waals surface area contributed by atoms with Gasteiger partial charge in [0.1, 0.15) is 0 Å². The third-order valence-corrected chi connectivity index (χ3v) is 5.52. The Balaban J connectivity index is 1.29. The van der Waals surface area contributed by atoms with Crippen LogP contribution in [0.4, 0.5) is 5.69 Å². The lowest BCUT2D eigenvalue weighted by atomic mass is 10.2. The predicted octanol–water partition coefficient (Wildman–Crippen LogP) is 1.97. The van der Waals surface area contributed by atoms with Crippen LogP contribution < -0.4 is 15.5 Å². The van der Waals surface area contributed by atoms with Gasteiger partial charge in [-0.1, -0.05) is 11.6 Å². The predicted molar refractivity (Wildman–Crippen MR) is 118 cm³/mol. The number of ether oxygens (including phenoxy) is 1. The SMILES string of the molecule is CN=C(NCCCOCC1CC1)NCC(=O)N1CCN(c2ccc(Cl)cc2)CC1. The fraction of sp³-hybridized carbons (Fsp3) is 0.619. The van der Waals surface area contributed by atoms with Crippen molar-refractivity contribution in [3.63, 3.8) is 0 Å². The van der Waals surface area contributed by atoms with Gasteiger partial charge in [-0.15, -0.1) is 0 Å². The highest BCUT2D eigenvalue weighted by Crippen LogP contribution is 2.28. The minimum Gasteiger partial charge on any atom is -0.381 e. The van der Waals surface area contributed by atoms with Crippen LogP contribution in [0.3, 0.4) is 0 Å². The number of anilines is 1. The second-order valence-corrected chi connectivity index (χ2v) is 8.01. The van der Waals surface area contributed by atoms with E-state index in [4.69, 9.17) is 16.3 Å². The number of rotatable bonds is 9. The summed E-state index contributed by atoms with van der Waals surface area (Å²) in [5.74, 6) is 1.55. The average molecular weight is 422 g/mol. The smallest absolute Gasteiger partial charge is 0.242 e. The molecular weight excluding hydrogens is 390 g/mol.